The maximum absolute atomic E-state index is 6.48. The van der Waals surface area contributed by atoms with Crippen molar-refractivity contribution in [2.75, 3.05) is 14.2 Å². The quantitative estimate of drug-likeness (QED) is 0.829. The topological polar surface area (TPSA) is 23.4 Å². The van der Waals surface area contributed by atoms with Crippen molar-refractivity contribution in [3.05, 3.63) is 35.0 Å². The number of aryl methyl sites for hydroxylation is 2. The molecule has 0 N–H and O–H groups in total. The highest BCUT2D eigenvalue weighted by Crippen LogP contribution is 2.46. The second-order valence-electron chi connectivity index (χ2n) is 4.30. The first-order valence-corrected chi connectivity index (χ1v) is 6.23. The molecule has 94 valence electrons. The van der Waals surface area contributed by atoms with Crippen molar-refractivity contribution in [3.8, 4) is 22.8 Å². The monoisotopic (exact) mass is 263 g/mol. The maximum atomic E-state index is 6.48. The van der Waals surface area contributed by atoms with Crippen LogP contribution in [0.5, 0.6) is 11.5 Å². The number of nitrogens with zero attached hydrogens (tertiary/aromatic N) is 1. The highest BCUT2D eigenvalue weighted by Gasteiger charge is 2.23. The van der Waals surface area contributed by atoms with Gasteiger partial charge in [0, 0.05) is 24.0 Å². The number of rotatable bonds is 2. The van der Waals surface area contributed by atoms with Gasteiger partial charge in [0.05, 0.1) is 19.2 Å². The van der Waals surface area contributed by atoms with Gasteiger partial charge in [-0.05, 0) is 30.2 Å². The summed E-state index contributed by atoms with van der Waals surface area (Å²) in [5.41, 5.74) is 3.41. The summed E-state index contributed by atoms with van der Waals surface area (Å²) in [6, 6.07) is 6.14. The Bertz CT molecular complexity index is 604. The summed E-state index contributed by atoms with van der Waals surface area (Å²) in [4.78, 5) is 0. The van der Waals surface area contributed by atoms with E-state index in [0.717, 1.165) is 24.2 Å². The number of aromatic nitrogens is 1. The van der Waals surface area contributed by atoms with Gasteiger partial charge in [-0.2, -0.15) is 0 Å². The third-order valence-electron chi connectivity index (χ3n) is 3.40. The molecule has 0 saturated heterocycles. The van der Waals surface area contributed by atoms with E-state index >= 15 is 0 Å². The molecule has 0 atom stereocenters. The van der Waals surface area contributed by atoms with Crippen molar-refractivity contribution in [2.45, 2.75) is 13.0 Å². The molecule has 18 heavy (non-hydrogen) atoms. The third kappa shape index (κ3) is 1.51. The van der Waals surface area contributed by atoms with E-state index in [2.05, 4.69) is 16.8 Å². The summed E-state index contributed by atoms with van der Waals surface area (Å²) in [6.45, 7) is 0.973. The lowest BCUT2D eigenvalue weighted by Gasteiger charge is -2.23. The first-order valence-electron chi connectivity index (χ1n) is 5.85. The first kappa shape index (κ1) is 11.5. The highest BCUT2D eigenvalue weighted by atomic mass is 35.5. The van der Waals surface area contributed by atoms with Crippen LogP contribution in [0.1, 0.15) is 5.56 Å². The SMILES string of the molecule is COc1cc2c(c(Cl)c1OC)-c1cccn1CC2. The zero-order valence-electron chi connectivity index (χ0n) is 10.4. The van der Waals surface area contributed by atoms with E-state index in [1.165, 1.54) is 5.56 Å². The minimum atomic E-state index is 0.604. The van der Waals surface area contributed by atoms with Gasteiger partial charge in [0.25, 0.3) is 0 Å². The molecule has 0 unspecified atom stereocenters. The van der Waals surface area contributed by atoms with Gasteiger partial charge in [0.2, 0.25) is 0 Å². The molecular weight excluding hydrogens is 250 g/mol. The summed E-state index contributed by atoms with van der Waals surface area (Å²) in [5, 5.41) is 0.631. The van der Waals surface area contributed by atoms with Crippen LogP contribution in [0.4, 0.5) is 0 Å². The second-order valence-corrected chi connectivity index (χ2v) is 4.67. The maximum Gasteiger partial charge on any atom is 0.180 e. The van der Waals surface area contributed by atoms with Crippen LogP contribution in [0.2, 0.25) is 5.02 Å². The number of benzene rings is 1. The average Bonchev–Trinajstić information content (AvgIpc) is 2.86. The molecule has 2 aromatic rings. The standard InChI is InChI=1S/C14H14ClNO2/c1-17-11-8-9-5-7-16-6-3-4-10(16)12(9)13(15)14(11)18-2/h3-4,6,8H,5,7H2,1-2H3. The highest BCUT2D eigenvalue weighted by molar-refractivity contribution is 6.35. The predicted octanol–water partition coefficient (Wildman–Crippen LogP) is 3.38. The van der Waals surface area contributed by atoms with E-state index in [1.807, 2.05) is 12.1 Å². The van der Waals surface area contributed by atoms with Gasteiger partial charge in [-0.1, -0.05) is 11.6 Å². The lowest BCUT2D eigenvalue weighted by molar-refractivity contribution is 0.354. The predicted molar refractivity (Wildman–Crippen MR) is 71.7 cm³/mol. The molecule has 0 fully saturated rings. The van der Waals surface area contributed by atoms with E-state index in [0.29, 0.717) is 16.5 Å². The zero-order valence-corrected chi connectivity index (χ0v) is 11.1. The van der Waals surface area contributed by atoms with Crippen LogP contribution in [-0.2, 0) is 13.0 Å². The number of methoxy groups -OCH3 is 2. The van der Waals surface area contributed by atoms with E-state index in [4.69, 9.17) is 21.1 Å². The Morgan fingerprint density at radius 1 is 1.28 bits per heavy atom. The van der Waals surface area contributed by atoms with Crippen LogP contribution in [0.3, 0.4) is 0 Å². The van der Waals surface area contributed by atoms with Crippen molar-refractivity contribution >= 4 is 11.6 Å². The Balaban J connectivity index is 2.30. The summed E-state index contributed by atoms with van der Waals surface area (Å²) in [5.74, 6) is 1.30. The molecule has 3 rings (SSSR count). The Morgan fingerprint density at radius 2 is 2.11 bits per heavy atom. The molecule has 0 saturated carbocycles. The fraction of sp³-hybridized carbons (Fsp3) is 0.286. The van der Waals surface area contributed by atoms with Crippen LogP contribution in [0.25, 0.3) is 11.3 Å². The minimum absolute atomic E-state index is 0.604. The summed E-state index contributed by atoms with van der Waals surface area (Å²) >= 11 is 6.48. The fourth-order valence-electron chi connectivity index (χ4n) is 2.55. The van der Waals surface area contributed by atoms with E-state index in [1.54, 1.807) is 14.2 Å². The molecule has 2 heterocycles. The van der Waals surface area contributed by atoms with Crippen molar-refractivity contribution in [3.63, 3.8) is 0 Å². The van der Waals surface area contributed by atoms with Gasteiger partial charge in [-0.25, -0.2) is 0 Å². The van der Waals surface area contributed by atoms with Crippen LogP contribution in [-0.4, -0.2) is 18.8 Å². The van der Waals surface area contributed by atoms with Gasteiger partial charge in [0.15, 0.2) is 11.5 Å². The normalized spacial score (nSPS) is 12.8. The number of halogens is 1. The molecule has 3 nitrogen and oxygen atoms in total. The van der Waals surface area contributed by atoms with Crippen molar-refractivity contribution in [1.29, 1.82) is 0 Å². The molecule has 0 radical (unpaired) electrons. The molecular formula is C14H14ClNO2. The molecule has 1 aromatic heterocycles. The lowest BCUT2D eigenvalue weighted by Crippen LogP contribution is -2.11. The Kier molecular flexibility index (Phi) is 2.71. The van der Waals surface area contributed by atoms with Crippen LogP contribution >= 0.6 is 11.6 Å². The van der Waals surface area contributed by atoms with Crippen molar-refractivity contribution in [2.24, 2.45) is 0 Å². The number of hydrogen-bond acceptors (Lipinski definition) is 2. The third-order valence-corrected chi connectivity index (χ3v) is 3.76. The molecule has 4 heteroatoms. The van der Waals surface area contributed by atoms with Gasteiger partial charge in [0.1, 0.15) is 0 Å². The van der Waals surface area contributed by atoms with Gasteiger partial charge in [-0.3, -0.25) is 0 Å². The van der Waals surface area contributed by atoms with Crippen molar-refractivity contribution in [1.82, 2.24) is 4.57 Å². The second kappa shape index (κ2) is 4.25. The fourth-order valence-corrected chi connectivity index (χ4v) is 2.94. The Labute approximate surface area is 111 Å². The smallest absolute Gasteiger partial charge is 0.180 e. The molecule has 0 aliphatic carbocycles. The lowest BCUT2D eigenvalue weighted by atomic mass is 9.97. The van der Waals surface area contributed by atoms with Crippen LogP contribution in [0.15, 0.2) is 24.4 Å². The summed E-state index contributed by atoms with van der Waals surface area (Å²) in [6.07, 6.45) is 3.03. The molecule has 1 aliphatic rings. The Hall–Kier alpha value is -1.61. The molecule has 1 aliphatic heterocycles. The van der Waals surface area contributed by atoms with E-state index in [-0.39, 0.29) is 0 Å². The van der Waals surface area contributed by atoms with Crippen LogP contribution in [0, 0.1) is 0 Å². The molecule has 0 bridgehead atoms. The summed E-state index contributed by atoms with van der Waals surface area (Å²) < 4.78 is 12.9. The average molecular weight is 264 g/mol. The number of ether oxygens (including phenoxy) is 2. The zero-order chi connectivity index (χ0) is 12.7. The van der Waals surface area contributed by atoms with E-state index in [9.17, 15) is 0 Å². The first-order chi connectivity index (χ1) is 8.76. The molecule has 0 amide bonds. The van der Waals surface area contributed by atoms with Gasteiger partial charge in [-0.15, -0.1) is 0 Å². The Morgan fingerprint density at radius 3 is 2.83 bits per heavy atom. The molecule has 1 aromatic carbocycles. The van der Waals surface area contributed by atoms with Crippen LogP contribution < -0.4 is 9.47 Å². The van der Waals surface area contributed by atoms with Crippen molar-refractivity contribution < 1.29 is 9.47 Å². The number of hydrogen-bond donors (Lipinski definition) is 0. The molecule has 0 spiro atoms. The minimum Gasteiger partial charge on any atom is -0.493 e. The van der Waals surface area contributed by atoms with E-state index < -0.39 is 0 Å². The summed E-state index contributed by atoms with van der Waals surface area (Å²) in [7, 11) is 3.24. The van der Waals surface area contributed by atoms with Gasteiger partial charge >= 0.3 is 0 Å². The number of fused-ring (bicyclic) bond motifs is 3. The van der Waals surface area contributed by atoms with Gasteiger partial charge < -0.3 is 14.0 Å². The largest absolute Gasteiger partial charge is 0.493 e.